The Labute approximate surface area is 173 Å². The lowest BCUT2D eigenvalue weighted by atomic mass is 10.1. The number of H-pyrrole nitrogens is 1. The van der Waals surface area contributed by atoms with Crippen molar-refractivity contribution in [2.24, 2.45) is 5.73 Å². The lowest BCUT2D eigenvalue weighted by Gasteiger charge is -2.34. The number of benzene rings is 1. The molecule has 5 N–H and O–H groups in total. The smallest absolute Gasteiger partial charge is 0.291 e. The molecule has 1 fully saturated rings. The van der Waals surface area contributed by atoms with E-state index in [0.717, 1.165) is 18.4 Å². The van der Waals surface area contributed by atoms with Crippen molar-refractivity contribution in [2.75, 3.05) is 23.3 Å². The number of nitrogens with one attached hydrogen (secondary N) is 2. The molecule has 1 aliphatic rings. The van der Waals surface area contributed by atoms with Crippen LogP contribution in [0.5, 0.6) is 0 Å². The fraction of sp³-hybridized carbons (Fsp3) is 0.286. The first-order chi connectivity index (χ1) is 14.5. The highest BCUT2D eigenvalue weighted by Gasteiger charge is 2.23. The summed E-state index contributed by atoms with van der Waals surface area (Å²) < 4.78 is 14.6. The summed E-state index contributed by atoms with van der Waals surface area (Å²) in [5.74, 6) is -0.792. The van der Waals surface area contributed by atoms with Crippen LogP contribution in [0.15, 0.2) is 42.7 Å². The van der Waals surface area contributed by atoms with Crippen molar-refractivity contribution in [3.05, 3.63) is 60.1 Å². The summed E-state index contributed by atoms with van der Waals surface area (Å²) in [5.41, 5.74) is 8.53. The van der Waals surface area contributed by atoms with E-state index in [1.54, 1.807) is 36.7 Å². The number of aromatic nitrogens is 3. The quantitative estimate of drug-likeness (QED) is 0.512. The summed E-state index contributed by atoms with van der Waals surface area (Å²) in [6.07, 6.45) is 4.93. The third kappa shape index (κ3) is 4.17. The highest BCUT2D eigenvalue weighted by molar-refractivity contribution is 6.04. The van der Waals surface area contributed by atoms with Gasteiger partial charge in [-0.2, -0.15) is 0 Å². The molecular formula is C21H23FN6O2. The van der Waals surface area contributed by atoms with E-state index in [1.807, 2.05) is 4.90 Å². The van der Waals surface area contributed by atoms with Crippen molar-refractivity contribution in [3.63, 3.8) is 0 Å². The van der Waals surface area contributed by atoms with Gasteiger partial charge >= 0.3 is 0 Å². The zero-order chi connectivity index (χ0) is 21.1. The van der Waals surface area contributed by atoms with E-state index in [-0.39, 0.29) is 18.5 Å². The zero-order valence-corrected chi connectivity index (χ0v) is 16.3. The monoisotopic (exact) mass is 410 g/mol. The number of amides is 1. The lowest BCUT2D eigenvalue weighted by Crippen LogP contribution is -2.43. The Balaban J connectivity index is 1.56. The highest BCUT2D eigenvalue weighted by Crippen LogP contribution is 2.31. The molecule has 3 aromatic rings. The Hall–Kier alpha value is -3.30. The average molecular weight is 410 g/mol. The van der Waals surface area contributed by atoms with E-state index in [1.165, 1.54) is 6.07 Å². The number of carbonyl (C=O) groups excluding carboxylic acids is 1. The number of nitrogens with zero attached hydrogens (tertiary/aromatic N) is 3. The third-order valence-electron chi connectivity index (χ3n) is 5.08. The summed E-state index contributed by atoms with van der Waals surface area (Å²) in [7, 11) is 0. The first kappa shape index (κ1) is 20.0. The van der Waals surface area contributed by atoms with Gasteiger partial charge < -0.3 is 26.0 Å². The number of aliphatic hydroxyl groups excluding tert-OH is 1. The molecule has 0 aliphatic carbocycles. The molecule has 0 bridgehead atoms. The first-order valence-electron chi connectivity index (χ1n) is 9.77. The van der Waals surface area contributed by atoms with Gasteiger partial charge in [0, 0.05) is 37.1 Å². The molecule has 1 saturated heterocycles. The van der Waals surface area contributed by atoms with Gasteiger partial charge in [-0.25, -0.2) is 9.37 Å². The fourth-order valence-electron chi connectivity index (χ4n) is 3.64. The summed E-state index contributed by atoms with van der Waals surface area (Å²) >= 11 is 0. The van der Waals surface area contributed by atoms with E-state index in [0.29, 0.717) is 35.9 Å². The predicted octanol–water partition coefficient (Wildman–Crippen LogP) is 2.28. The molecule has 1 amide bonds. The summed E-state index contributed by atoms with van der Waals surface area (Å²) in [6.45, 7) is 1.02. The molecule has 1 aliphatic heterocycles. The van der Waals surface area contributed by atoms with Crippen molar-refractivity contribution in [1.82, 2.24) is 15.0 Å². The minimum atomic E-state index is -0.481. The molecule has 8 nitrogen and oxygen atoms in total. The number of anilines is 2. The van der Waals surface area contributed by atoms with Crippen molar-refractivity contribution in [2.45, 2.75) is 25.5 Å². The number of piperidine rings is 1. The number of imidazole rings is 1. The molecule has 0 radical (unpaired) electrons. The van der Waals surface area contributed by atoms with Crippen molar-refractivity contribution < 1.29 is 14.3 Å². The summed E-state index contributed by atoms with van der Waals surface area (Å²) in [5, 5.41) is 12.0. The number of halogens is 1. The topological polar surface area (TPSA) is 120 Å². The van der Waals surface area contributed by atoms with Crippen LogP contribution in [-0.4, -0.2) is 45.1 Å². The molecule has 30 heavy (non-hydrogen) atoms. The van der Waals surface area contributed by atoms with Gasteiger partial charge in [0.2, 0.25) is 0 Å². The Kier molecular flexibility index (Phi) is 5.73. The molecule has 0 saturated carbocycles. The van der Waals surface area contributed by atoms with Gasteiger partial charge in [0.25, 0.3) is 5.91 Å². The normalized spacial score (nSPS) is 16.5. The first-order valence-corrected chi connectivity index (χ1v) is 9.77. The lowest BCUT2D eigenvalue weighted by molar-refractivity contribution is 0.101. The number of pyridine rings is 1. The molecule has 156 valence electrons. The zero-order valence-electron chi connectivity index (χ0n) is 16.3. The Morgan fingerprint density at radius 3 is 3.07 bits per heavy atom. The minimum absolute atomic E-state index is 0.0290. The molecule has 1 atom stereocenters. The van der Waals surface area contributed by atoms with Crippen LogP contribution in [0.4, 0.5) is 15.8 Å². The summed E-state index contributed by atoms with van der Waals surface area (Å²) in [6, 6.07) is 8.00. The van der Waals surface area contributed by atoms with E-state index in [9.17, 15) is 14.3 Å². The van der Waals surface area contributed by atoms with Crippen LogP contribution in [0, 0.1) is 5.82 Å². The maximum Gasteiger partial charge on any atom is 0.291 e. The van der Waals surface area contributed by atoms with Crippen LogP contribution in [0.3, 0.4) is 0 Å². The van der Waals surface area contributed by atoms with Crippen molar-refractivity contribution in [3.8, 4) is 11.3 Å². The van der Waals surface area contributed by atoms with E-state index in [2.05, 4.69) is 20.3 Å². The maximum atomic E-state index is 14.6. The second-order valence-electron chi connectivity index (χ2n) is 7.27. The van der Waals surface area contributed by atoms with Crippen LogP contribution < -0.4 is 16.0 Å². The number of aromatic amines is 1. The largest absolute Gasteiger partial charge is 0.390 e. The van der Waals surface area contributed by atoms with Gasteiger partial charge in [-0.3, -0.25) is 9.78 Å². The molecular weight excluding hydrogens is 387 g/mol. The molecule has 9 heteroatoms. The average Bonchev–Trinajstić information content (AvgIpc) is 3.24. The SMILES string of the molecule is N[C@@H]1CCCN(c2c(F)cccc2NC(=O)c2nc(-c3ccnc(CO)c3)c[nH]2)C1. The second-order valence-corrected chi connectivity index (χ2v) is 7.27. The number of hydrogen-bond donors (Lipinski definition) is 4. The molecule has 1 aromatic carbocycles. The van der Waals surface area contributed by atoms with Gasteiger partial charge in [-0.1, -0.05) is 6.07 Å². The Bertz CT molecular complexity index is 1050. The van der Waals surface area contributed by atoms with E-state index in [4.69, 9.17) is 5.73 Å². The van der Waals surface area contributed by atoms with E-state index < -0.39 is 11.7 Å². The molecule has 0 unspecified atom stereocenters. The minimum Gasteiger partial charge on any atom is -0.390 e. The van der Waals surface area contributed by atoms with Crippen LogP contribution in [0.2, 0.25) is 0 Å². The predicted molar refractivity (Wildman–Crippen MR) is 112 cm³/mol. The number of para-hydroxylation sites is 1. The summed E-state index contributed by atoms with van der Waals surface area (Å²) in [4.78, 5) is 25.9. The fourth-order valence-corrected chi connectivity index (χ4v) is 3.64. The van der Waals surface area contributed by atoms with Crippen LogP contribution >= 0.6 is 0 Å². The van der Waals surface area contributed by atoms with Crippen molar-refractivity contribution >= 4 is 17.3 Å². The Morgan fingerprint density at radius 2 is 2.27 bits per heavy atom. The van der Waals surface area contributed by atoms with E-state index >= 15 is 0 Å². The number of aliphatic hydroxyl groups is 1. The number of nitrogens with two attached hydrogens (primary N) is 1. The van der Waals surface area contributed by atoms with Crippen LogP contribution in [0.1, 0.15) is 29.2 Å². The van der Waals surface area contributed by atoms with Gasteiger partial charge in [0.05, 0.1) is 29.4 Å². The Morgan fingerprint density at radius 1 is 1.40 bits per heavy atom. The number of rotatable bonds is 5. The number of carbonyl (C=O) groups is 1. The van der Waals surface area contributed by atoms with Gasteiger partial charge in [0.1, 0.15) is 5.82 Å². The molecule has 2 aromatic heterocycles. The van der Waals surface area contributed by atoms with Gasteiger partial charge in [0.15, 0.2) is 5.82 Å². The van der Waals surface area contributed by atoms with Gasteiger partial charge in [-0.05, 0) is 37.1 Å². The second kappa shape index (κ2) is 8.60. The maximum absolute atomic E-state index is 14.6. The third-order valence-corrected chi connectivity index (χ3v) is 5.08. The molecule has 3 heterocycles. The standard InChI is InChI=1S/C21H23FN6O2/c22-16-4-1-5-17(19(16)28-8-2-3-14(23)11-28)27-21(30)20-25-10-18(26-20)13-6-7-24-15(9-13)12-29/h1,4-7,9-10,14,29H,2-3,8,11-12,23H2,(H,25,26)(H,27,30)/t14-/m1/s1. The molecule has 4 rings (SSSR count). The van der Waals surface area contributed by atoms with Crippen LogP contribution in [0.25, 0.3) is 11.3 Å². The van der Waals surface area contributed by atoms with Gasteiger partial charge in [-0.15, -0.1) is 0 Å². The van der Waals surface area contributed by atoms with Crippen molar-refractivity contribution in [1.29, 1.82) is 0 Å². The van der Waals surface area contributed by atoms with Crippen LogP contribution in [-0.2, 0) is 6.61 Å². The number of hydrogen-bond acceptors (Lipinski definition) is 6. The highest BCUT2D eigenvalue weighted by atomic mass is 19.1. The molecule has 0 spiro atoms.